The van der Waals surface area contributed by atoms with Gasteiger partial charge >= 0.3 is 0 Å². The fraction of sp³-hybridized carbons (Fsp3) is 0.900. The summed E-state index contributed by atoms with van der Waals surface area (Å²) in [7, 11) is 0. The van der Waals surface area contributed by atoms with Crippen LogP contribution in [0.5, 0.6) is 0 Å². The molecule has 0 aliphatic carbocycles. The second-order valence-electron chi connectivity index (χ2n) is 3.92. The summed E-state index contributed by atoms with van der Waals surface area (Å²) in [6.45, 7) is 8.72. The molecular formula is C10H18N2. The van der Waals surface area contributed by atoms with Crippen molar-refractivity contribution in [3.8, 4) is 6.07 Å². The van der Waals surface area contributed by atoms with Crippen molar-refractivity contribution in [1.29, 1.82) is 5.26 Å². The van der Waals surface area contributed by atoms with E-state index in [1.165, 1.54) is 12.8 Å². The van der Waals surface area contributed by atoms with E-state index in [4.69, 9.17) is 5.26 Å². The zero-order valence-electron chi connectivity index (χ0n) is 8.30. The molecule has 2 heteroatoms. The Morgan fingerprint density at radius 3 is 2.25 bits per heavy atom. The summed E-state index contributed by atoms with van der Waals surface area (Å²) in [6, 6.07) is 2.39. The quantitative estimate of drug-likeness (QED) is 0.641. The van der Waals surface area contributed by atoms with E-state index in [1.807, 2.05) is 6.92 Å². The Kier molecular flexibility index (Phi) is 2.74. The largest absolute Gasteiger partial charge is 0.287 e. The summed E-state index contributed by atoms with van der Waals surface area (Å²) in [5, 5.41) is 8.69. The normalized spacial score (nSPS) is 24.2. The van der Waals surface area contributed by atoms with Crippen LogP contribution >= 0.6 is 0 Å². The number of hydrogen-bond donors (Lipinski definition) is 0. The summed E-state index contributed by atoms with van der Waals surface area (Å²) >= 11 is 0. The minimum atomic E-state index is 0.108. The van der Waals surface area contributed by atoms with Crippen molar-refractivity contribution in [2.45, 2.75) is 39.7 Å². The zero-order chi connectivity index (χ0) is 9.19. The molecule has 1 unspecified atom stereocenters. The van der Waals surface area contributed by atoms with Gasteiger partial charge in [-0.2, -0.15) is 5.26 Å². The molecule has 0 saturated carbocycles. The van der Waals surface area contributed by atoms with Crippen molar-refractivity contribution < 1.29 is 0 Å². The molecule has 0 amide bonds. The highest BCUT2D eigenvalue weighted by Crippen LogP contribution is 2.37. The van der Waals surface area contributed by atoms with E-state index < -0.39 is 0 Å². The van der Waals surface area contributed by atoms with Gasteiger partial charge in [0.2, 0.25) is 0 Å². The van der Waals surface area contributed by atoms with E-state index in [9.17, 15) is 0 Å². The van der Waals surface area contributed by atoms with Gasteiger partial charge in [0.25, 0.3) is 0 Å². The number of nitrogens with zero attached hydrogens (tertiary/aromatic N) is 2. The third-order valence-corrected chi connectivity index (χ3v) is 3.31. The van der Waals surface area contributed by atoms with Crippen LogP contribution in [0.2, 0.25) is 0 Å². The van der Waals surface area contributed by atoms with Crippen molar-refractivity contribution in [3.63, 3.8) is 0 Å². The Morgan fingerprint density at radius 2 is 1.92 bits per heavy atom. The maximum absolute atomic E-state index is 8.69. The smallest absolute Gasteiger partial charge is 0.0949 e. The van der Waals surface area contributed by atoms with E-state index in [1.54, 1.807) is 0 Å². The van der Waals surface area contributed by atoms with Gasteiger partial charge in [-0.3, -0.25) is 4.90 Å². The first-order valence-electron chi connectivity index (χ1n) is 4.81. The Morgan fingerprint density at radius 1 is 1.42 bits per heavy atom. The molecule has 0 aromatic heterocycles. The molecule has 1 fully saturated rings. The highest BCUT2D eigenvalue weighted by Gasteiger charge is 2.41. The van der Waals surface area contributed by atoms with Crippen molar-refractivity contribution in [2.24, 2.45) is 5.41 Å². The number of hydrogen-bond acceptors (Lipinski definition) is 2. The predicted octanol–water partition coefficient (Wildman–Crippen LogP) is 2.02. The second kappa shape index (κ2) is 3.45. The maximum Gasteiger partial charge on any atom is 0.0949 e. The summed E-state index contributed by atoms with van der Waals surface area (Å²) in [5.41, 5.74) is 0.533. The monoisotopic (exact) mass is 166 g/mol. The number of likely N-dealkylation sites (tertiary alicyclic amines) is 1. The summed E-state index contributed by atoms with van der Waals surface area (Å²) in [4.78, 5) is 2.26. The van der Waals surface area contributed by atoms with E-state index in [2.05, 4.69) is 24.8 Å². The molecule has 12 heavy (non-hydrogen) atoms. The maximum atomic E-state index is 8.69. The van der Waals surface area contributed by atoms with Crippen LogP contribution in [-0.4, -0.2) is 24.0 Å². The first-order valence-corrected chi connectivity index (χ1v) is 4.81. The molecule has 2 nitrogen and oxygen atoms in total. The van der Waals surface area contributed by atoms with Gasteiger partial charge in [-0.05, 0) is 25.2 Å². The van der Waals surface area contributed by atoms with Gasteiger partial charge < -0.3 is 0 Å². The highest BCUT2D eigenvalue weighted by atomic mass is 15.2. The summed E-state index contributed by atoms with van der Waals surface area (Å²) in [5.74, 6) is 0. The zero-order valence-corrected chi connectivity index (χ0v) is 8.30. The number of nitriles is 1. The van der Waals surface area contributed by atoms with Crippen molar-refractivity contribution in [2.75, 3.05) is 13.1 Å². The third kappa shape index (κ3) is 1.47. The fourth-order valence-corrected chi connectivity index (χ4v) is 1.87. The molecule has 0 N–H and O–H groups in total. The lowest BCUT2D eigenvalue weighted by Gasteiger charge is -2.51. The van der Waals surface area contributed by atoms with Gasteiger partial charge in [-0.15, -0.1) is 0 Å². The van der Waals surface area contributed by atoms with Gasteiger partial charge in [-0.25, -0.2) is 0 Å². The Hall–Kier alpha value is -0.550. The van der Waals surface area contributed by atoms with Crippen LogP contribution in [0.25, 0.3) is 0 Å². The van der Waals surface area contributed by atoms with E-state index in [-0.39, 0.29) is 6.04 Å². The summed E-state index contributed by atoms with van der Waals surface area (Å²) < 4.78 is 0. The second-order valence-corrected chi connectivity index (χ2v) is 3.92. The fourth-order valence-electron chi connectivity index (χ4n) is 1.87. The van der Waals surface area contributed by atoms with Gasteiger partial charge in [0.15, 0.2) is 0 Å². The summed E-state index contributed by atoms with van der Waals surface area (Å²) in [6.07, 6.45) is 2.50. The minimum absolute atomic E-state index is 0.108. The van der Waals surface area contributed by atoms with Crippen LogP contribution in [0.1, 0.15) is 33.6 Å². The molecule has 1 heterocycles. The molecule has 1 atom stereocenters. The topological polar surface area (TPSA) is 27.0 Å². The molecule has 1 aliphatic rings. The lowest BCUT2D eigenvalue weighted by molar-refractivity contribution is -0.0183. The van der Waals surface area contributed by atoms with Gasteiger partial charge in [-0.1, -0.05) is 13.8 Å². The average molecular weight is 166 g/mol. The van der Waals surface area contributed by atoms with Crippen molar-refractivity contribution in [1.82, 2.24) is 4.90 Å². The van der Waals surface area contributed by atoms with Crippen LogP contribution in [-0.2, 0) is 0 Å². The molecule has 1 saturated heterocycles. The van der Waals surface area contributed by atoms with Crippen molar-refractivity contribution in [3.05, 3.63) is 0 Å². The van der Waals surface area contributed by atoms with E-state index >= 15 is 0 Å². The predicted molar refractivity (Wildman–Crippen MR) is 49.7 cm³/mol. The molecule has 0 radical (unpaired) electrons. The van der Waals surface area contributed by atoms with Crippen molar-refractivity contribution >= 4 is 0 Å². The Bertz CT molecular complexity index is 181. The molecule has 1 aliphatic heterocycles. The lowest BCUT2D eigenvalue weighted by atomic mass is 9.74. The van der Waals surface area contributed by atoms with Gasteiger partial charge in [0.05, 0.1) is 12.1 Å². The van der Waals surface area contributed by atoms with Crippen LogP contribution in [0, 0.1) is 16.7 Å². The molecule has 1 rings (SSSR count). The van der Waals surface area contributed by atoms with E-state index in [0.717, 1.165) is 13.1 Å². The first-order chi connectivity index (χ1) is 5.67. The molecule has 0 bridgehead atoms. The lowest BCUT2D eigenvalue weighted by Crippen LogP contribution is -2.58. The van der Waals surface area contributed by atoms with Crippen LogP contribution in [0.15, 0.2) is 0 Å². The standard InChI is InChI=1S/C10H18N2/c1-4-10(5-2)7-12(8-10)9(3)6-11/h9H,4-5,7-8H2,1-3H3. The highest BCUT2D eigenvalue weighted by molar-refractivity contribution is 5.00. The van der Waals surface area contributed by atoms with E-state index in [0.29, 0.717) is 5.41 Å². The van der Waals surface area contributed by atoms with Gasteiger partial charge in [0, 0.05) is 13.1 Å². The SMILES string of the molecule is CCC1(CC)CN(C(C)C#N)C1. The molecule has 0 spiro atoms. The average Bonchev–Trinajstić information content (AvgIpc) is 2.04. The minimum Gasteiger partial charge on any atom is -0.287 e. The molecule has 0 aromatic carbocycles. The Labute approximate surface area is 75.2 Å². The number of rotatable bonds is 3. The van der Waals surface area contributed by atoms with Gasteiger partial charge in [0.1, 0.15) is 0 Å². The Balaban J connectivity index is 2.41. The van der Waals surface area contributed by atoms with Crippen LogP contribution in [0.4, 0.5) is 0 Å². The molecular weight excluding hydrogens is 148 g/mol. The third-order valence-electron chi connectivity index (χ3n) is 3.31. The van der Waals surface area contributed by atoms with Crippen LogP contribution < -0.4 is 0 Å². The molecule has 68 valence electrons. The first kappa shape index (κ1) is 9.54. The molecule has 0 aromatic rings. The van der Waals surface area contributed by atoms with Crippen LogP contribution in [0.3, 0.4) is 0 Å².